The Morgan fingerprint density at radius 1 is 0.900 bits per heavy atom. The number of ether oxygens (including phenoxy) is 4. The van der Waals surface area contributed by atoms with E-state index >= 15 is 0 Å². The predicted octanol–water partition coefficient (Wildman–Crippen LogP) is 4.99. The molecule has 0 amide bonds. The van der Waals surface area contributed by atoms with E-state index in [9.17, 15) is 4.80 Å². The first-order valence-corrected chi connectivity index (χ1v) is 12.7. The first-order chi connectivity index (χ1) is 14.1. The number of nitrogens with zero attached hydrogens (tertiary/aromatic N) is 1. The molecule has 2 rings (SSSR count). The Bertz CT molecular complexity index is 878. The maximum Gasteiger partial charge on any atom is 0.203 e. The molecule has 2 aromatic rings. The lowest BCUT2D eigenvalue weighted by Crippen LogP contribution is -2.40. The summed E-state index contributed by atoms with van der Waals surface area (Å²) in [4.78, 5) is 15.3. The Hall–Kier alpha value is -2.51. The zero-order valence-corrected chi connectivity index (χ0v) is 20.2. The van der Waals surface area contributed by atoms with E-state index in [0.29, 0.717) is 22.9 Å². The van der Waals surface area contributed by atoms with Crippen molar-refractivity contribution in [2.45, 2.75) is 38.4 Å². The predicted molar refractivity (Wildman–Crippen MR) is 124 cm³/mol. The molecule has 30 heavy (non-hydrogen) atoms. The van der Waals surface area contributed by atoms with Gasteiger partial charge in [0.15, 0.2) is 19.8 Å². The highest BCUT2D eigenvalue weighted by Crippen LogP contribution is 2.42. The molecular formula is C23H33NO5Si. The Kier molecular flexibility index (Phi) is 7.55. The topological polar surface area (TPSA) is 69.5 Å². The highest BCUT2D eigenvalue weighted by atomic mass is 28.4. The monoisotopic (exact) mass is 431 g/mol. The molecule has 0 atom stereocenters. The number of rotatable bonds is 9. The van der Waals surface area contributed by atoms with Gasteiger partial charge in [0.2, 0.25) is 5.75 Å². The molecule has 7 heteroatoms. The number of aliphatic imine (C=N–C) groups is 1. The maximum absolute atomic E-state index is 10.7. The van der Waals surface area contributed by atoms with Gasteiger partial charge in [0.1, 0.15) is 5.75 Å². The normalized spacial score (nSPS) is 12.2. The van der Waals surface area contributed by atoms with Gasteiger partial charge in [-0.25, -0.2) is 0 Å². The van der Waals surface area contributed by atoms with Gasteiger partial charge in [-0.15, -0.1) is 0 Å². The summed E-state index contributed by atoms with van der Waals surface area (Å²) in [6.45, 7) is 8.15. The molecule has 2 aromatic carbocycles. The van der Waals surface area contributed by atoms with E-state index in [1.54, 1.807) is 46.8 Å². The summed E-state index contributed by atoms with van der Waals surface area (Å²) in [6, 6.07) is 9.55. The van der Waals surface area contributed by atoms with Crippen LogP contribution < -0.4 is 18.9 Å². The molecule has 0 spiro atoms. The average molecular weight is 432 g/mol. The van der Waals surface area contributed by atoms with Crippen LogP contribution in [0.3, 0.4) is 0 Å². The SMILES string of the molecule is COc1ccc(/C=N/c2cc(OC)c(OC)c(OC)c2)cc1CC(C)(C)[Si](C)(C)O. The van der Waals surface area contributed by atoms with Crippen LogP contribution in [0.4, 0.5) is 5.69 Å². The minimum absolute atomic E-state index is 0.202. The van der Waals surface area contributed by atoms with Gasteiger partial charge in [-0.3, -0.25) is 4.99 Å². The van der Waals surface area contributed by atoms with Crippen molar-refractivity contribution in [3.8, 4) is 23.0 Å². The summed E-state index contributed by atoms with van der Waals surface area (Å²) in [5.41, 5.74) is 2.67. The van der Waals surface area contributed by atoms with Crippen LogP contribution in [0.1, 0.15) is 25.0 Å². The van der Waals surface area contributed by atoms with Crippen molar-refractivity contribution in [1.82, 2.24) is 0 Å². The van der Waals surface area contributed by atoms with Crippen LogP contribution in [-0.4, -0.2) is 47.8 Å². The van der Waals surface area contributed by atoms with Gasteiger partial charge in [-0.2, -0.15) is 0 Å². The molecule has 164 valence electrons. The van der Waals surface area contributed by atoms with Crippen molar-refractivity contribution in [2.24, 2.45) is 4.99 Å². The van der Waals surface area contributed by atoms with Crippen LogP contribution in [-0.2, 0) is 6.42 Å². The van der Waals surface area contributed by atoms with Crippen LogP contribution in [0.5, 0.6) is 23.0 Å². The number of hydrogen-bond acceptors (Lipinski definition) is 6. The summed E-state index contributed by atoms with van der Waals surface area (Å²) >= 11 is 0. The third kappa shape index (κ3) is 5.34. The Labute approximate surface area is 180 Å². The van der Waals surface area contributed by atoms with Crippen molar-refractivity contribution >= 4 is 20.2 Å². The zero-order chi connectivity index (χ0) is 22.5. The molecule has 0 saturated heterocycles. The van der Waals surface area contributed by atoms with E-state index < -0.39 is 8.32 Å². The number of hydrogen-bond donors (Lipinski definition) is 1. The van der Waals surface area contributed by atoms with Crippen molar-refractivity contribution < 1.29 is 23.7 Å². The van der Waals surface area contributed by atoms with E-state index in [-0.39, 0.29) is 5.04 Å². The molecule has 0 saturated carbocycles. The second-order valence-corrected chi connectivity index (χ2v) is 12.8. The molecule has 0 aromatic heterocycles. The minimum atomic E-state index is -2.35. The third-order valence-electron chi connectivity index (χ3n) is 5.61. The molecule has 0 aliphatic carbocycles. The maximum atomic E-state index is 10.7. The number of methoxy groups -OCH3 is 4. The molecule has 0 unspecified atom stereocenters. The van der Waals surface area contributed by atoms with Crippen molar-refractivity contribution in [2.75, 3.05) is 28.4 Å². The van der Waals surface area contributed by atoms with Crippen LogP contribution >= 0.6 is 0 Å². The van der Waals surface area contributed by atoms with Gasteiger partial charge in [0.25, 0.3) is 0 Å². The molecule has 0 fully saturated rings. The Balaban J connectivity index is 2.39. The summed E-state index contributed by atoms with van der Waals surface area (Å²) in [6.07, 6.45) is 2.51. The van der Waals surface area contributed by atoms with Gasteiger partial charge in [0.05, 0.1) is 34.1 Å². The first-order valence-electron chi connectivity index (χ1n) is 9.79. The summed E-state index contributed by atoms with van der Waals surface area (Å²) < 4.78 is 21.7. The molecule has 0 radical (unpaired) electrons. The fraction of sp³-hybridized carbons (Fsp3) is 0.435. The van der Waals surface area contributed by atoms with Crippen molar-refractivity contribution in [3.63, 3.8) is 0 Å². The molecule has 0 bridgehead atoms. The summed E-state index contributed by atoms with van der Waals surface area (Å²) in [7, 11) is 4.04. The van der Waals surface area contributed by atoms with E-state index in [0.717, 1.165) is 23.3 Å². The van der Waals surface area contributed by atoms with Gasteiger partial charge in [-0.05, 0) is 53.9 Å². The lowest BCUT2D eigenvalue weighted by atomic mass is 9.99. The fourth-order valence-electron chi connectivity index (χ4n) is 3.00. The average Bonchev–Trinajstić information content (AvgIpc) is 2.70. The number of benzene rings is 2. The van der Waals surface area contributed by atoms with Crippen LogP contribution in [0.15, 0.2) is 35.3 Å². The van der Waals surface area contributed by atoms with E-state index in [2.05, 4.69) is 24.9 Å². The van der Waals surface area contributed by atoms with Gasteiger partial charge < -0.3 is 23.7 Å². The van der Waals surface area contributed by atoms with Gasteiger partial charge in [-0.1, -0.05) is 13.8 Å². The first kappa shape index (κ1) is 23.8. The summed E-state index contributed by atoms with van der Waals surface area (Å²) in [5.74, 6) is 2.45. The minimum Gasteiger partial charge on any atom is -0.496 e. The van der Waals surface area contributed by atoms with Crippen LogP contribution in [0, 0.1) is 0 Å². The molecule has 0 aliphatic rings. The van der Waals surface area contributed by atoms with E-state index in [4.69, 9.17) is 18.9 Å². The highest BCUT2D eigenvalue weighted by Gasteiger charge is 2.38. The smallest absolute Gasteiger partial charge is 0.203 e. The standard InChI is InChI=1S/C23H33NO5Si/c1-23(2,30(7,8)25)14-17-11-16(9-10-19(17)26-3)15-24-18-12-20(27-4)22(29-6)21(13-18)28-5/h9-13,15,25H,14H2,1-8H3/b24-15+. The Morgan fingerprint density at radius 2 is 1.47 bits per heavy atom. The third-order valence-corrected chi connectivity index (χ3v) is 9.09. The lowest BCUT2D eigenvalue weighted by molar-refractivity contribution is 0.324. The van der Waals surface area contributed by atoms with Crippen molar-refractivity contribution in [3.05, 3.63) is 41.5 Å². The van der Waals surface area contributed by atoms with Crippen LogP contribution in [0.2, 0.25) is 18.1 Å². The molecule has 6 nitrogen and oxygen atoms in total. The van der Waals surface area contributed by atoms with Crippen LogP contribution in [0.25, 0.3) is 0 Å². The second-order valence-electron chi connectivity index (χ2n) is 8.33. The molecule has 0 heterocycles. The molecule has 0 aliphatic heterocycles. The lowest BCUT2D eigenvalue weighted by Gasteiger charge is -2.35. The van der Waals surface area contributed by atoms with E-state index in [1.807, 2.05) is 25.2 Å². The molecule has 1 N–H and O–H groups in total. The van der Waals surface area contributed by atoms with Crippen molar-refractivity contribution in [1.29, 1.82) is 0 Å². The quantitative estimate of drug-likeness (QED) is 0.447. The largest absolute Gasteiger partial charge is 0.496 e. The molecular weight excluding hydrogens is 398 g/mol. The van der Waals surface area contributed by atoms with Gasteiger partial charge >= 0.3 is 0 Å². The van der Waals surface area contributed by atoms with E-state index in [1.165, 1.54) is 0 Å². The highest BCUT2D eigenvalue weighted by molar-refractivity contribution is 6.72. The zero-order valence-electron chi connectivity index (χ0n) is 19.2. The summed E-state index contributed by atoms with van der Waals surface area (Å²) in [5, 5.41) is -0.202. The van der Waals surface area contributed by atoms with Gasteiger partial charge in [0, 0.05) is 18.3 Å². The Morgan fingerprint density at radius 3 is 1.93 bits per heavy atom. The second kappa shape index (κ2) is 9.53. The fourth-order valence-corrected chi connectivity index (χ4v) is 3.62.